The Morgan fingerprint density at radius 1 is 1.25 bits per heavy atom. The van der Waals surface area contributed by atoms with Crippen molar-refractivity contribution in [1.82, 2.24) is 10.2 Å². The van der Waals surface area contributed by atoms with Crippen LogP contribution >= 0.6 is 0 Å². The summed E-state index contributed by atoms with van der Waals surface area (Å²) in [7, 11) is 0. The van der Waals surface area contributed by atoms with Gasteiger partial charge < -0.3 is 20.1 Å². The molecule has 2 aliphatic heterocycles. The zero-order valence-corrected chi connectivity index (χ0v) is 12.8. The number of hydrogen-bond acceptors (Lipinski definition) is 4. The van der Waals surface area contributed by atoms with Crippen molar-refractivity contribution in [3.05, 3.63) is 0 Å². The second-order valence-electron chi connectivity index (χ2n) is 7.34. The first-order valence-electron chi connectivity index (χ1n) is 8.38. The van der Waals surface area contributed by atoms with Crippen molar-refractivity contribution in [1.29, 1.82) is 0 Å². The molecule has 3 rings (SSSR count). The highest BCUT2D eigenvalue weighted by molar-refractivity contribution is 4.92. The van der Waals surface area contributed by atoms with Crippen molar-refractivity contribution in [3.8, 4) is 0 Å². The van der Waals surface area contributed by atoms with E-state index >= 15 is 0 Å². The molecule has 0 radical (unpaired) electrons. The van der Waals surface area contributed by atoms with Gasteiger partial charge in [0.15, 0.2) is 0 Å². The molecule has 3 aliphatic rings. The second-order valence-corrected chi connectivity index (χ2v) is 7.34. The molecule has 1 aliphatic carbocycles. The minimum Gasteiger partial charge on any atom is -0.392 e. The normalized spacial score (nSPS) is 35.1. The molecule has 0 aromatic heterocycles. The number of β-amino-alcohol motifs (C(OH)–C–C–N with tert-alkyl or cyclic N) is 1. The predicted molar refractivity (Wildman–Crippen MR) is 79.7 cm³/mol. The van der Waals surface area contributed by atoms with Crippen LogP contribution < -0.4 is 5.32 Å². The standard InChI is InChI=1S/C16H30N2O2/c1-13-4-7-18(10-15(13)19)12-16(5-8-20-9-6-16)11-17-14-2-3-14/h13-15,17,19H,2-12H2,1H3. The number of hydrogen-bond donors (Lipinski definition) is 2. The van der Waals surface area contributed by atoms with Gasteiger partial charge in [-0.3, -0.25) is 0 Å². The van der Waals surface area contributed by atoms with E-state index in [9.17, 15) is 5.11 Å². The fraction of sp³-hybridized carbons (Fsp3) is 1.00. The van der Waals surface area contributed by atoms with E-state index in [2.05, 4.69) is 17.1 Å². The predicted octanol–water partition coefficient (Wildman–Crippen LogP) is 1.24. The highest BCUT2D eigenvalue weighted by Crippen LogP contribution is 2.33. The van der Waals surface area contributed by atoms with Gasteiger partial charge >= 0.3 is 0 Å². The summed E-state index contributed by atoms with van der Waals surface area (Å²) in [5, 5.41) is 13.8. The van der Waals surface area contributed by atoms with Gasteiger partial charge in [0.2, 0.25) is 0 Å². The van der Waals surface area contributed by atoms with E-state index in [1.54, 1.807) is 0 Å². The molecule has 2 atom stereocenters. The van der Waals surface area contributed by atoms with E-state index in [1.165, 1.54) is 12.8 Å². The average molecular weight is 282 g/mol. The van der Waals surface area contributed by atoms with E-state index in [4.69, 9.17) is 4.74 Å². The van der Waals surface area contributed by atoms with Crippen LogP contribution in [0.3, 0.4) is 0 Å². The summed E-state index contributed by atoms with van der Waals surface area (Å²) in [5.41, 5.74) is 0.362. The molecule has 0 aromatic carbocycles. The lowest BCUT2D eigenvalue weighted by Gasteiger charge is -2.44. The van der Waals surface area contributed by atoms with Crippen LogP contribution in [0.5, 0.6) is 0 Å². The number of piperidine rings is 1. The van der Waals surface area contributed by atoms with Crippen LogP contribution in [0.15, 0.2) is 0 Å². The summed E-state index contributed by atoms with van der Waals surface area (Å²) < 4.78 is 5.58. The fourth-order valence-electron chi connectivity index (χ4n) is 3.58. The molecule has 116 valence electrons. The molecule has 2 N–H and O–H groups in total. The first-order valence-corrected chi connectivity index (χ1v) is 8.38. The summed E-state index contributed by atoms with van der Waals surface area (Å²) >= 11 is 0. The Hall–Kier alpha value is -0.160. The average Bonchev–Trinajstić information content (AvgIpc) is 3.26. The lowest BCUT2D eigenvalue weighted by Crippen LogP contribution is -2.52. The number of likely N-dealkylation sites (tertiary alicyclic amines) is 1. The molecule has 2 heterocycles. The molecule has 4 nitrogen and oxygen atoms in total. The number of ether oxygens (including phenoxy) is 1. The number of rotatable bonds is 5. The number of nitrogens with one attached hydrogen (secondary N) is 1. The van der Waals surface area contributed by atoms with Crippen LogP contribution in [0.2, 0.25) is 0 Å². The van der Waals surface area contributed by atoms with E-state index in [1.807, 2.05) is 0 Å². The SMILES string of the molecule is CC1CCN(CC2(CNC3CC3)CCOCC2)CC1O. The zero-order chi connectivity index (χ0) is 14.0. The lowest BCUT2D eigenvalue weighted by atomic mass is 9.78. The van der Waals surface area contributed by atoms with Crippen LogP contribution in [0.1, 0.15) is 39.0 Å². The Labute approximate surface area is 122 Å². The fourth-order valence-corrected chi connectivity index (χ4v) is 3.58. The smallest absolute Gasteiger partial charge is 0.0693 e. The third kappa shape index (κ3) is 3.73. The monoisotopic (exact) mass is 282 g/mol. The van der Waals surface area contributed by atoms with Gasteiger partial charge in [0.05, 0.1) is 6.10 Å². The third-order valence-electron chi connectivity index (χ3n) is 5.46. The highest BCUT2D eigenvalue weighted by Gasteiger charge is 2.37. The van der Waals surface area contributed by atoms with E-state index in [-0.39, 0.29) is 6.10 Å². The molecular formula is C16H30N2O2. The van der Waals surface area contributed by atoms with Gasteiger partial charge in [0.25, 0.3) is 0 Å². The highest BCUT2D eigenvalue weighted by atomic mass is 16.5. The van der Waals surface area contributed by atoms with Gasteiger partial charge in [0.1, 0.15) is 0 Å². The maximum atomic E-state index is 10.1. The molecule has 1 saturated carbocycles. The van der Waals surface area contributed by atoms with Gasteiger partial charge in [-0.2, -0.15) is 0 Å². The van der Waals surface area contributed by atoms with Gasteiger partial charge in [-0.1, -0.05) is 6.92 Å². The quantitative estimate of drug-likeness (QED) is 0.796. The van der Waals surface area contributed by atoms with Crippen molar-refractivity contribution in [2.24, 2.45) is 11.3 Å². The van der Waals surface area contributed by atoms with Gasteiger partial charge in [-0.15, -0.1) is 0 Å². The number of nitrogens with zero attached hydrogens (tertiary/aromatic N) is 1. The van der Waals surface area contributed by atoms with E-state index in [0.717, 1.165) is 64.7 Å². The first kappa shape index (κ1) is 14.8. The Morgan fingerprint density at radius 3 is 2.65 bits per heavy atom. The van der Waals surface area contributed by atoms with Crippen molar-refractivity contribution < 1.29 is 9.84 Å². The van der Waals surface area contributed by atoms with Crippen LogP contribution in [-0.2, 0) is 4.74 Å². The van der Waals surface area contributed by atoms with E-state index in [0.29, 0.717) is 11.3 Å². The maximum absolute atomic E-state index is 10.1. The van der Waals surface area contributed by atoms with Crippen molar-refractivity contribution in [2.75, 3.05) is 39.4 Å². The van der Waals surface area contributed by atoms with Crippen molar-refractivity contribution in [3.63, 3.8) is 0 Å². The Balaban J connectivity index is 1.56. The van der Waals surface area contributed by atoms with Crippen LogP contribution in [0.4, 0.5) is 0 Å². The lowest BCUT2D eigenvalue weighted by molar-refractivity contribution is -0.0308. The molecule has 0 bridgehead atoms. The van der Waals surface area contributed by atoms with Crippen LogP contribution in [-0.4, -0.2) is 61.5 Å². The molecule has 0 spiro atoms. The van der Waals surface area contributed by atoms with Crippen LogP contribution in [0, 0.1) is 11.3 Å². The minimum absolute atomic E-state index is 0.142. The molecule has 2 unspecified atom stereocenters. The summed E-state index contributed by atoms with van der Waals surface area (Å²) in [6.45, 7) is 8.22. The summed E-state index contributed by atoms with van der Waals surface area (Å²) in [5.74, 6) is 0.460. The molecule has 0 aromatic rings. The molecule has 3 fully saturated rings. The second kappa shape index (κ2) is 6.30. The van der Waals surface area contributed by atoms with Gasteiger partial charge in [-0.05, 0) is 50.0 Å². The maximum Gasteiger partial charge on any atom is 0.0693 e. The van der Waals surface area contributed by atoms with Crippen LogP contribution in [0.25, 0.3) is 0 Å². The molecular weight excluding hydrogens is 252 g/mol. The minimum atomic E-state index is -0.142. The number of aliphatic hydroxyl groups excluding tert-OH is 1. The topological polar surface area (TPSA) is 44.7 Å². The van der Waals surface area contributed by atoms with Crippen molar-refractivity contribution in [2.45, 2.75) is 51.2 Å². The molecule has 2 saturated heterocycles. The van der Waals surface area contributed by atoms with E-state index < -0.39 is 0 Å². The van der Waals surface area contributed by atoms with Gasteiger partial charge in [-0.25, -0.2) is 0 Å². The molecule has 0 amide bonds. The Kier molecular flexibility index (Phi) is 4.65. The summed E-state index contributed by atoms with van der Waals surface area (Å²) in [4.78, 5) is 2.49. The van der Waals surface area contributed by atoms with Crippen molar-refractivity contribution >= 4 is 0 Å². The Morgan fingerprint density at radius 2 is 2.00 bits per heavy atom. The zero-order valence-electron chi connectivity index (χ0n) is 12.8. The summed E-state index contributed by atoms with van der Waals surface area (Å²) in [6, 6.07) is 0.779. The third-order valence-corrected chi connectivity index (χ3v) is 5.46. The van der Waals surface area contributed by atoms with Gasteiger partial charge in [0, 0.05) is 38.9 Å². The first-order chi connectivity index (χ1) is 9.67. The molecule has 4 heteroatoms. The Bertz CT molecular complexity index is 314. The molecule has 20 heavy (non-hydrogen) atoms. The number of aliphatic hydroxyl groups is 1. The summed E-state index contributed by atoms with van der Waals surface area (Å²) in [6.07, 6.45) is 6.02. The largest absolute Gasteiger partial charge is 0.392 e.